The number of hydrogen-bond acceptors (Lipinski definition) is 7. The highest BCUT2D eigenvalue weighted by Gasteiger charge is 2.09. The van der Waals surface area contributed by atoms with Crippen LogP contribution < -0.4 is 14.8 Å². The van der Waals surface area contributed by atoms with Gasteiger partial charge in [0.05, 0.1) is 13.7 Å². The summed E-state index contributed by atoms with van der Waals surface area (Å²) in [7, 11) is 1.54. The largest absolute Gasteiger partial charge is 0.493 e. The number of nitrogens with zero attached hydrogens (tertiary/aromatic N) is 1. The van der Waals surface area contributed by atoms with Gasteiger partial charge < -0.3 is 24.1 Å². The predicted molar refractivity (Wildman–Crippen MR) is 94.0 cm³/mol. The second-order valence-electron chi connectivity index (χ2n) is 5.16. The molecule has 1 aromatic carbocycles. The topological polar surface area (TPSA) is 99.9 Å². The van der Waals surface area contributed by atoms with Crippen LogP contribution in [0, 0.1) is 6.92 Å². The molecule has 1 N–H and O–H groups in total. The molecule has 0 aliphatic heterocycles. The number of ether oxygens (including phenoxy) is 3. The molecule has 1 amide bonds. The van der Waals surface area contributed by atoms with E-state index in [0.717, 1.165) is 5.56 Å². The molecule has 0 radical (unpaired) electrons. The Morgan fingerprint density at radius 2 is 2.08 bits per heavy atom. The van der Waals surface area contributed by atoms with Crippen molar-refractivity contribution in [1.29, 1.82) is 0 Å². The lowest BCUT2D eigenvalue weighted by Crippen LogP contribution is -2.20. The third kappa shape index (κ3) is 5.66. The second kappa shape index (κ2) is 9.26. The number of hydrogen-bond donors (Lipinski definition) is 1. The van der Waals surface area contributed by atoms with E-state index in [1.54, 1.807) is 37.3 Å². The zero-order valence-electron chi connectivity index (χ0n) is 14.8. The Morgan fingerprint density at radius 1 is 1.27 bits per heavy atom. The fourth-order valence-corrected chi connectivity index (χ4v) is 2.02. The molecule has 26 heavy (non-hydrogen) atoms. The number of esters is 1. The number of carbonyl (C=O) groups excluding carboxylic acids is 2. The number of benzene rings is 1. The quantitative estimate of drug-likeness (QED) is 0.570. The number of aryl methyl sites for hydroxylation is 1. The van der Waals surface area contributed by atoms with E-state index in [9.17, 15) is 9.59 Å². The van der Waals surface area contributed by atoms with Crippen LogP contribution in [0.4, 0.5) is 5.82 Å². The zero-order valence-corrected chi connectivity index (χ0v) is 14.8. The molecular weight excluding hydrogens is 340 g/mol. The molecule has 0 saturated carbocycles. The van der Waals surface area contributed by atoms with E-state index < -0.39 is 18.5 Å². The maximum absolute atomic E-state index is 11.7. The lowest BCUT2D eigenvalue weighted by molar-refractivity contribution is -0.142. The van der Waals surface area contributed by atoms with Crippen LogP contribution in [0.25, 0.3) is 6.08 Å². The third-order valence-corrected chi connectivity index (χ3v) is 3.14. The van der Waals surface area contributed by atoms with Crippen LogP contribution in [-0.2, 0) is 14.3 Å². The van der Waals surface area contributed by atoms with Gasteiger partial charge in [-0.15, -0.1) is 0 Å². The van der Waals surface area contributed by atoms with Gasteiger partial charge in [0, 0.05) is 12.1 Å². The number of carbonyl (C=O) groups is 2. The summed E-state index contributed by atoms with van der Waals surface area (Å²) >= 11 is 0. The first-order valence-electron chi connectivity index (χ1n) is 7.90. The fraction of sp³-hybridized carbons (Fsp3) is 0.278. The Kier molecular flexibility index (Phi) is 6.78. The average Bonchev–Trinajstić information content (AvgIpc) is 3.04. The van der Waals surface area contributed by atoms with Crippen LogP contribution in [0.5, 0.6) is 11.5 Å². The van der Waals surface area contributed by atoms with Gasteiger partial charge in [-0.05, 0) is 37.6 Å². The van der Waals surface area contributed by atoms with Gasteiger partial charge in [-0.25, -0.2) is 4.79 Å². The Hall–Kier alpha value is -3.29. The van der Waals surface area contributed by atoms with Crippen molar-refractivity contribution < 1.29 is 28.3 Å². The summed E-state index contributed by atoms with van der Waals surface area (Å²) < 4.78 is 20.4. The number of methoxy groups -OCH3 is 1. The van der Waals surface area contributed by atoms with Gasteiger partial charge in [0.2, 0.25) is 0 Å². The Labute approximate surface area is 150 Å². The van der Waals surface area contributed by atoms with E-state index in [-0.39, 0.29) is 5.82 Å². The first kappa shape index (κ1) is 19.0. The molecule has 0 aliphatic rings. The van der Waals surface area contributed by atoms with E-state index in [0.29, 0.717) is 23.9 Å². The normalized spacial score (nSPS) is 10.6. The van der Waals surface area contributed by atoms with Crippen molar-refractivity contribution in [2.75, 3.05) is 25.6 Å². The highest BCUT2D eigenvalue weighted by Crippen LogP contribution is 2.28. The number of aromatic nitrogens is 1. The van der Waals surface area contributed by atoms with Crippen molar-refractivity contribution in [3.05, 3.63) is 41.7 Å². The fourth-order valence-electron chi connectivity index (χ4n) is 2.02. The van der Waals surface area contributed by atoms with Gasteiger partial charge in [-0.3, -0.25) is 4.79 Å². The van der Waals surface area contributed by atoms with E-state index >= 15 is 0 Å². The zero-order chi connectivity index (χ0) is 18.9. The lowest BCUT2D eigenvalue weighted by atomic mass is 10.2. The molecule has 2 rings (SSSR count). The minimum atomic E-state index is -0.649. The van der Waals surface area contributed by atoms with E-state index in [1.165, 1.54) is 13.2 Å². The van der Waals surface area contributed by atoms with Crippen molar-refractivity contribution in [3.8, 4) is 11.5 Å². The third-order valence-electron chi connectivity index (χ3n) is 3.14. The molecule has 1 heterocycles. The van der Waals surface area contributed by atoms with Crippen molar-refractivity contribution >= 4 is 23.8 Å². The van der Waals surface area contributed by atoms with Crippen LogP contribution in [0.1, 0.15) is 18.2 Å². The van der Waals surface area contributed by atoms with Crippen LogP contribution in [0.3, 0.4) is 0 Å². The molecule has 2 aromatic rings. The molecule has 0 bridgehead atoms. The first-order valence-corrected chi connectivity index (χ1v) is 7.90. The Morgan fingerprint density at radius 3 is 2.73 bits per heavy atom. The van der Waals surface area contributed by atoms with Crippen molar-refractivity contribution in [3.63, 3.8) is 0 Å². The molecule has 0 spiro atoms. The Bertz CT molecular complexity index is 797. The lowest BCUT2D eigenvalue weighted by Gasteiger charge is -2.09. The summed E-state index contributed by atoms with van der Waals surface area (Å²) in [5.74, 6) is 0.845. The first-order chi connectivity index (χ1) is 12.5. The molecule has 0 aliphatic carbocycles. The summed E-state index contributed by atoms with van der Waals surface area (Å²) in [5.41, 5.74) is 0.727. The molecule has 0 saturated heterocycles. The number of anilines is 1. The summed E-state index contributed by atoms with van der Waals surface area (Å²) in [5, 5.41) is 6.06. The van der Waals surface area contributed by atoms with E-state index in [4.69, 9.17) is 18.7 Å². The van der Waals surface area contributed by atoms with Gasteiger partial charge in [0.25, 0.3) is 5.91 Å². The van der Waals surface area contributed by atoms with Crippen LogP contribution in [0.2, 0.25) is 0 Å². The monoisotopic (exact) mass is 360 g/mol. The molecule has 138 valence electrons. The standard InChI is InChI=1S/C18H20N2O6/c1-4-24-14-7-5-13(10-15(14)23-3)6-8-18(22)25-11-17(21)19-16-9-12(2)26-20-16/h5-10H,4,11H2,1-3H3,(H,19,20,21)/b8-6+. The van der Waals surface area contributed by atoms with Crippen molar-refractivity contribution in [1.82, 2.24) is 5.16 Å². The summed E-state index contributed by atoms with van der Waals surface area (Å²) in [6, 6.07) is 6.81. The van der Waals surface area contributed by atoms with Crippen molar-refractivity contribution in [2.45, 2.75) is 13.8 Å². The molecule has 8 heteroatoms. The molecular formula is C18H20N2O6. The minimum absolute atomic E-state index is 0.264. The number of nitrogens with one attached hydrogen (secondary N) is 1. The van der Waals surface area contributed by atoms with Gasteiger partial charge in [0.15, 0.2) is 23.9 Å². The number of amides is 1. The molecule has 0 atom stereocenters. The molecule has 1 aromatic heterocycles. The van der Waals surface area contributed by atoms with Crippen LogP contribution >= 0.6 is 0 Å². The minimum Gasteiger partial charge on any atom is -0.493 e. The van der Waals surface area contributed by atoms with Crippen molar-refractivity contribution in [2.24, 2.45) is 0 Å². The summed E-state index contributed by atoms with van der Waals surface area (Å²) in [6.07, 6.45) is 2.78. The van der Waals surface area contributed by atoms with Gasteiger partial charge in [0.1, 0.15) is 5.76 Å². The molecule has 0 unspecified atom stereocenters. The Balaban J connectivity index is 1.85. The maximum atomic E-state index is 11.7. The molecule has 0 fully saturated rings. The second-order valence-corrected chi connectivity index (χ2v) is 5.16. The van der Waals surface area contributed by atoms with Crippen LogP contribution in [0.15, 0.2) is 34.9 Å². The van der Waals surface area contributed by atoms with Crippen LogP contribution in [-0.4, -0.2) is 37.4 Å². The highest BCUT2D eigenvalue weighted by molar-refractivity contribution is 5.94. The van der Waals surface area contributed by atoms with Gasteiger partial charge in [-0.2, -0.15) is 0 Å². The number of rotatable bonds is 8. The molecule has 8 nitrogen and oxygen atoms in total. The highest BCUT2D eigenvalue weighted by atomic mass is 16.5. The summed E-state index contributed by atoms with van der Waals surface area (Å²) in [4.78, 5) is 23.4. The SMILES string of the molecule is CCOc1ccc(/C=C/C(=O)OCC(=O)Nc2cc(C)on2)cc1OC. The summed E-state index contributed by atoms with van der Waals surface area (Å²) in [6.45, 7) is 3.67. The smallest absolute Gasteiger partial charge is 0.331 e. The maximum Gasteiger partial charge on any atom is 0.331 e. The average molecular weight is 360 g/mol. The van der Waals surface area contributed by atoms with E-state index in [1.807, 2.05) is 6.92 Å². The van der Waals surface area contributed by atoms with Gasteiger partial charge >= 0.3 is 5.97 Å². The van der Waals surface area contributed by atoms with E-state index in [2.05, 4.69) is 10.5 Å². The van der Waals surface area contributed by atoms with Gasteiger partial charge in [-0.1, -0.05) is 11.2 Å². The predicted octanol–water partition coefficient (Wildman–Crippen LogP) is 2.59.